The fourth-order valence-corrected chi connectivity index (χ4v) is 2.98. The molecule has 0 bridgehead atoms. The number of nitrogens with zero attached hydrogens (tertiary/aromatic N) is 5. The van der Waals surface area contributed by atoms with Gasteiger partial charge in [-0.25, -0.2) is 9.67 Å². The van der Waals surface area contributed by atoms with Gasteiger partial charge in [-0.2, -0.15) is 0 Å². The third-order valence-electron chi connectivity index (χ3n) is 3.36. The zero-order chi connectivity index (χ0) is 14.2. The van der Waals surface area contributed by atoms with Gasteiger partial charge in [-0.3, -0.25) is 4.79 Å². The third kappa shape index (κ3) is 2.42. The van der Waals surface area contributed by atoms with Crippen LogP contribution in [0.2, 0.25) is 0 Å². The molecule has 2 heterocycles. The van der Waals surface area contributed by atoms with Crippen molar-refractivity contribution in [1.82, 2.24) is 30.2 Å². The summed E-state index contributed by atoms with van der Waals surface area (Å²) in [6.45, 7) is 0. The topological polar surface area (TPSA) is 89.4 Å². The average molecular weight is 300 g/mol. The van der Waals surface area contributed by atoms with Crippen LogP contribution in [0, 0.1) is 0 Å². The number of aromatic nitrogens is 6. The van der Waals surface area contributed by atoms with Gasteiger partial charge in [0.05, 0.1) is 22.7 Å². The molecule has 2 aromatic heterocycles. The predicted molar refractivity (Wildman–Crippen MR) is 78.0 cm³/mol. The zero-order valence-electron chi connectivity index (χ0n) is 11.1. The Balaban J connectivity index is 1.59. The van der Waals surface area contributed by atoms with Crippen molar-refractivity contribution in [3.05, 3.63) is 40.4 Å². The molecule has 1 fully saturated rings. The second-order valence-corrected chi connectivity index (χ2v) is 5.90. The van der Waals surface area contributed by atoms with Crippen LogP contribution in [0.3, 0.4) is 0 Å². The Labute approximate surface area is 123 Å². The van der Waals surface area contributed by atoms with E-state index in [-0.39, 0.29) is 5.56 Å². The molecule has 0 unspecified atom stereocenters. The average Bonchev–Trinajstić information content (AvgIpc) is 3.24. The van der Waals surface area contributed by atoms with Gasteiger partial charge in [0.15, 0.2) is 0 Å². The Hall–Kier alpha value is -2.22. The quantitative estimate of drug-likeness (QED) is 0.735. The molecule has 1 aliphatic rings. The number of tetrazole rings is 1. The first-order chi connectivity index (χ1) is 10.3. The van der Waals surface area contributed by atoms with E-state index in [2.05, 4.69) is 25.5 Å². The maximum absolute atomic E-state index is 12.0. The number of rotatable bonds is 4. The molecule has 0 atom stereocenters. The molecule has 21 heavy (non-hydrogen) atoms. The molecule has 3 aromatic rings. The van der Waals surface area contributed by atoms with Crippen LogP contribution in [0.1, 0.15) is 24.7 Å². The minimum Gasteiger partial charge on any atom is -0.309 e. The standard InChI is InChI=1S/C13H12N6OS/c20-12-9-3-1-2-4-10(9)14-11(15-12)7-21-13-16-17-18-19(13)8-5-6-8/h1-4,8H,5-7H2,(H,14,15,20). The Kier molecular flexibility index (Phi) is 2.95. The first-order valence-electron chi connectivity index (χ1n) is 6.70. The summed E-state index contributed by atoms with van der Waals surface area (Å²) in [5.41, 5.74) is 0.594. The van der Waals surface area contributed by atoms with E-state index in [9.17, 15) is 4.79 Å². The molecule has 1 aromatic carbocycles. The fourth-order valence-electron chi connectivity index (χ4n) is 2.16. The molecule has 0 amide bonds. The molecule has 0 spiro atoms. The molecule has 0 saturated heterocycles. The van der Waals surface area contributed by atoms with Crippen molar-refractivity contribution in [3.63, 3.8) is 0 Å². The summed E-state index contributed by atoms with van der Waals surface area (Å²) in [6.07, 6.45) is 2.26. The molecule has 0 radical (unpaired) electrons. The number of fused-ring (bicyclic) bond motifs is 1. The highest BCUT2D eigenvalue weighted by Crippen LogP contribution is 2.36. The lowest BCUT2D eigenvalue weighted by Crippen LogP contribution is -2.11. The number of H-pyrrole nitrogens is 1. The van der Waals surface area contributed by atoms with Crippen molar-refractivity contribution in [2.75, 3.05) is 0 Å². The molecule has 8 heteroatoms. The van der Waals surface area contributed by atoms with Crippen molar-refractivity contribution in [3.8, 4) is 0 Å². The van der Waals surface area contributed by atoms with Crippen LogP contribution in [-0.4, -0.2) is 30.2 Å². The fraction of sp³-hybridized carbons (Fsp3) is 0.308. The van der Waals surface area contributed by atoms with Crippen LogP contribution < -0.4 is 5.56 Å². The van der Waals surface area contributed by atoms with Gasteiger partial charge in [-0.15, -0.1) is 5.10 Å². The van der Waals surface area contributed by atoms with Crippen molar-refractivity contribution in [2.24, 2.45) is 0 Å². The predicted octanol–water partition coefficient (Wildman–Crippen LogP) is 1.54. The monoisotopic (exact) mass is 300 g/mol. The van der Waals surface area contributed by atoms with E-state index in [0.717, 1.165) is 18.0 Å². The van der Waals surface area contributed by atoms with Gasteiger partial charge in [-0.1, -0.05) is 23.9 Å². The molecule has 106 valence electrons. The Morgan fingerprint density at radius 2 is 2.19 bits per heavy atom. The van der Waals surface area contributed by atoms with E-state index in [0.29, 0.717) is 28.5 Å². The molecule has 1 saturated carbocycles. The van der Waals surface area contributed by atoms with Crippen LogP contribution in [0.4, 0.5) is 0 Å². The second-order valence-electron chi connectivity index (χ2n) is 4.96. The van der Waals surface area contributed by atoms with Gasteiger partial charge in [0, 0.05) is 0 Å². The molecule has 4 rings (SSSR count). The van der Waals surface area contributed by atoms with Gasteiger partial charge in [0.2, 0.25) is 5.16 Å². The minimum absolute atomic E-state index is 0.113. The van der Waals surface area contributed by atoms with Crippen LogP contribution in [0.15, 0.2) is 34.2 Å². The third-order valence-corrected chi connectivity index (χ3v) is 4.30. The van der Waals surface area contributed by atoms with E-state index in [4.69, 9.17) is 0 Å². The Morgan fingerprint density at radius 1 is 1.33 bits per heavy atom. The lowest BCUT2D eigenvalue weighted by Gasteiger charge is -2.03. The lowest BCUT2D eigenvalue weighted by molar-refractivity contribution is 0.565. The number of hydrogen-bond acceptors (Lipinski definition) is 6. The summed E-state index contributed by atoms with van der Waals surface area (Å²) < 4.78 is 1.85. The van der Waals surface area contributed by atoms with Crippen molar-refractivity contribution in [1.29, 1.82) is 0 Å². The highest BCUT2D eigenvalue weighted by atomic mass is 32.2. The van der Waals surface area contributed by atoms with Crippen LogP contribution in [0.25, 0.3) is 10.9 Å². The molecular weight excluding hydrogens is 288 g/mol. The first kappa shape index (κ1) is 12.5. The normalized spacial score (nSPS) is 14.7. The number of aromatic amines is 1. The van der Waals surface area contributed by atoms with Crippen molar-refractivity contribution in [2.45, 2.75) is 29.8 Å². The minimum atomic E-state index is -0.113. The van der Waals surface area contributed by atoms with Gasteiger partial charge in [0.25, 0.3) is 5.56 Å². The van der Waals surface area contributed by atoms with E-state index in [1.54, 1.807) is 6.07 Å². The second kappa shape index (κ2) is 4.96. The Bertz CT molecular complexity index is 853. The summed E-state index contributed by atoms with van der Waals surface area (Å²) in [6, 6.07) is 7.75. The smallest absolute Gasteiger partial charge is 0.258 e. The van der Waals surface area contributed by atoms with E-state index in [1.165, 1.54) is 11.8 Å². The number of hydrogen-bond donors (Lipinski definition) is 1. The number of nitrogens with one attached hydrogen (secondary N) is 1. The molecule has 1 N–H and O–H groups in total. The maximum Gasteiger partial charge on any atom is 0.258 e. The van der Waals surface area contributed by atoms with Crippen molar-refractivity contribution < 1.29 is 0 Å². The largest absolute Gasteiger partial charge is 0.309 e. The lowest BCUT2D eigenvalue weighted by atomic mass is 10.2. The molecule has 0 aliphatic heterocycles. The molecule has 7 nitrogen and oxygen atoms in total. The summed E-state index contributed by atoms with van der Waals surface area (Å²) >= 11 is 1.49. The highest BCUT2D eigenvalue weighted by Gasteiger charge is 2.27. The van der Waals surface area contributed by atoms with Gasteiger partial charge >= 0.3 is 0 Å². The van der Waals surface area contributed by atoms with E-state index in [1.807, 2.05) is 22.9 Å². The summed E-state index contributed by atoms with van der Waals surface area (Å²) in [7, 11) is 0. The van der Waals surface area contributed by atoms with Crippen LogP contribution in [-0.2, 0) is 5.75 Å². The summed E-state index contributed by atoms with van der Waals surface area (Å²) in [5, 5.41) is 13.1. The zero-order valence-corrected chi connectivity index (χ0v) is 11.9. The summed E-state index contributed by atoms with van der Waals surface area (Å²) in [4.78, 5) is 19.3. The van der Waals surface area contributed by atoms with Crippen molar-refractivity contribution >= 4 is 22.7 Å². The highest BCUT2D eigenvalue weighted by molar-refractivity contribution is 7.98. The van der Waals surface area contributed by atoms with Crippen LogP contribution >= 0.6 is 11.8 Å². The van der Waals surface area contributed by atoms with Gasteiger partial charge < -0.3 is 4.98 Å². The van der Waals surface area contributed by atoms with Gasteiger partial charge in [-0.05, 0) is 35.4 Å². The molecule has 1 aliphatic carbocycles. The maximum atomic E-state index is 12.0. The number of thioether (sulfide) groups is 1. The number of benzene rings is 1. The summed E-state index contributed by atoms with van der Waals surface area (Å²) in [5.74, 6) is 1.17. The van der Waals surface area contributed by atoms with Crippen LogP contribution in [0.5, 0.6) is 0 Å². The van der Waals surface area contributed by atoms with E-state index < -0.39 is 0 Å². The molecular formula is C13H12N6OS. The van der Waals surface area contributed by atoms with E-state index >= 15 is 0 Å². The first-order valence-corrected chi connectivity index (χ1v) is 7.68. The SMILES string of the molecule is O=c1[nH]c(CSc2nnnn2C2CC2)nc2ccccc12. The van der Waals surface area contributed by atoms with Gasteiger partial charge in [0.1, 0.15) is 5.82 Å². The number of para-hydroxylation sites is 1. The Morgan fingerprint density at radius 3 is 3.05 bits per heavy atom.